The third-order valence-electron chi connectivity index (χ3n) is 6.67. The number of carbonyl (C=O) groups excluding carboxylic acids is 2. The van der Waals surface area contributed by atoms with Crippen LogP contribution < -0.4 is 15.5 Å². The van der Waals surface area contributed by atoms with Gasteiger partial charge in [-0.25, -0.2) is 4.79 Å². The molecule has 4 aromatic rings. The predicted octanol–water partition coefficient (Wildman–Crippen LogP) is 5.96. The normalized spacial score (nSPS) is 16.6. The lowest BCUT2D eigenvalue weighted by Crippen LogP contribution is -2.29. The SMILES string of the molecule is CCC(=O)Nc1ccc(N2C(=S)N[C@H](c3ccccn3)[C@H]2c2ccc(-c3cccc(C(=O)OC)c3)o2)cc1C. The third-order valence-corrected chi connectivity index (χ3v) is 6.98. The fraction of sp³-hybridized carbons (Fsp3) is 0.200. The van der Waals surface area contributed by atoms with Crippen LogP contribution in [0.15, 0.2) is 83.4 Å². The molecule has 5 rings (SSSR count). The second-order valence-corrected chi connectivity index (χ2v) is 9.56. The average Bonchev–Trinajstić information content (AvgIpc) is 3.59. The quantitative estimate of drug-likeness (QED) is 0.219. The summed E-state index contributed by atoms with van der Waals surface area (Å²) in [6.45, 7) is 3.77. The maximum Gasteiger partial charge on any atom is 0.337 e. The number of nitrogens with one attached hydrogen (secondary N) is 2. The van der Waals surface area contributed by atoms with E-state index < -0.39 is 5.97 Å². The van der Waals surface area contributed by atoms with E-state index >= 15 is 0 Å². The van der Waals surface area contributed by atoms with Gasteiger partial charge < -0.3 is 24.7 Å². The van der Waals surface area contributed by atoms with Gasteiger partial charge in [0.2, 0.25) is 5.91 Å². The summed E-state index contributed by atoms with van der Waals surface area (Å²) in [6, 6.07) is 21.9. The van der Waals surface area contributed by atoms with Crippen molar-refractivity contribution in [3.05, 3.63) is 102 Å². The molecule has 2 aromatic heterocycles. The number of nitrogens with zero attached hydrogens (tertiary/aromatic N) is 2. The molecule has 1 saturated heterocycles. The molecule has 0 spiro atoms. The van der Waals surface area contributed by atoms with Gasteiger partial charge in [-0.1, -0.05) is 25.1 Å². The Kier molecular flexibility index (Phi) is 7.42. The van der Waals surface area contributed by atoms with E-state index in [-0.39, 0.29) is 18.0 Å². The van der Waals surface area contributed by atoms with E-state index in [9.17, 15) is 9.59 Å². The fourth-order valence-corrected chi connectivity index (χ4v) is 5.03. The first kappa shape index (κ1) is 26.1. The second kappa shape index (κ2) is 11.1. The summed E-state index contributed by atoms with van der Waals surface area (Å²) < 4.78 is 11.3. The molecular formula is C30H28N4O4S. The van der Waals surface area contributed by atoms with Gasteiger partial charge in [0.15, 0.2) is 5.11 Å². The summed E-state index contributed by atoms with van der Waals surface area (Å²) in [5.74, 6) is 0.834. The number of ether oxygens (including phenoxy) is 1. The first-order valence-corrected chi connectivity index (χ1v) is 13.0. The van der Waals surface area contributed by atoms with Gasteiger partial charge >= 0.3 is 5.97 Å². The maximum absolute atomic E-state index is 12.1. The van der Waals surface area contributed by atoms with E-state index in [1.165, 1.54) is 7.11 Å². The summed E-state index contributed by atoms with van der Waals surface area (Å²) in [5, 5.41) is 6.90. The van der Waals surface area contributed by atoms with Crippen molar-refractivity contribution < 1.29 is 18.7 Å². The average molecular weight is 541 g/mol. The Balaban J connectivity index is 1.55. The van der Waals surface area contributed by atoms with Crippen LogP contribution >= 0.6 is 12.2 Å². The largest absolute Gasteiger partial charge is 0.465 e. The number of furan rings is 1. The Morgan fingerprint density at radius 2 is 1.95 bits per heavy atom. The van der Waals surface area contributed by atoms with E-state index in [0.717, 1.165) is 28.2 Å². The topological polar surface area (TPSA) is 96.7 Å². The van der Waals surface area contributed by atoms with Crippen molar-refractivity contribution in [3.63, 3.8) is 0 Å². The van der Waals surface area contributed by atoms with Crippen molar-refractivity contribution in [1.29, 1.82) is 0 Å². The Morgan fingerprint density at radius 3 is 2.67 bits per heavy atom. The molecule has 1 aliphatic heterocycles. The van der Waals surface area contributed by atoms with E-state index in [1.54, 1.807) is 24.4 Å². The number of esters is 1. The molecule has 3 heterocycles. The molecule has 8 nitrogen and oxygen atoms in total. The fourth-order valence-electron chi connectivity index (χ4n) is 4.68. The van der Waals surface area contributed by atoms with Crippen LogP contribution in [0.4, 0.5) is 11.4 Å². The molecule has 0 aliphatic carbocycles. The Bertz CT molecular complexity index is 1530. The number of pyridine rings is 1. The molecule has 2 N–H and O–H groups in total. The number of carbonyl (C=O) groups is 2. The Morgan fingerprint density at radius 1 is 1.10 bits per heavy atom. The Labute approximate surface area is 232 Å². The molecule has 198 valence electrons. The number of hydrogen-bond acceptors (Lipinski definition) is 6. The van der Waals surface area contributed by atoms with Gasteiger partial charge in [0.05, 0.1) is 24.4 Å². The van der Waals surface area contributed by atoms with Gasteiger partial charge in [-0.15, -0.1) is 0 Å². The number of thiocarbonyl (C=S) groups is 1. The highest BCUT2D eigenvalue weighted by atomic mass is 32.1. The zero-order valence-corrected chi connectivity index (χ0v) is 22.6. The van der Waals surface area contributed by atoms with Gasteiger partial charge in [-0.2, -0.15) is 0 Å². The van der Waals surface area contributed by atoms with Crippen molar-refractivity contribution in [1.82, 2.24) is 10.3 Å². The molecule has 0 unspecified atom stereocenters. The van der Waals surface area contributed by atoms with E-state index in [4.69, 9.17) is 21.4 Å². The van der Waals surface area contributed by atoms with Crippen LogP contribution in [-0.4, -0.2) is 29.1 Å². The van der Waals surface area contributed by atoms with Crippen LogP contribution in [0.25, 0.3) is 11.3 Å². The van der Waals surface area contributed by atoms with Crippen LogP contribution in [0.3, 0.4) is 0 Å². The van der Waals surface area contributed by atoms with Crippen molar-refractivity contribution in [2.75, 3.05) is 17.3 Å². The van der Waals surface area contributed by atoms with Crippen LogP contribution in [0.5, 0.6) is 0 Å². The molecule has 39 heavy (non-hydrogen) atoms. The van der Waals surface area contributed by atoms with Gasteiger partial charge in [-0.3, -0.25) is 9.78 Å². The van der Waals surface area contributed by atoms with E-state index in [1.807, 2.05) is 73.3 Å². The predicted molar refractivity (Wildman–Crippen MR) is 154 cm³/mol. The van der Waals surface area contributed by atoms with E-state index in [0.29, 0.717) is 28.6 Å². The summed E-state index contributed by atoms with van der Waals surface area (Å²) in [5.41, 5.74) is 4.54. The number of methoxy groups -OCH3 is 1. The second-order valence-electron chi connectivity index (χ2n) is 9.17. The van der Waals surface area contributed by atoms with Crippen molar-refractivity contribution in [2.24, 2.45) is 0 Å². The van der Waals surface area contributed by atoms with Gasteiger partial charge in [0.1, 0.15) is 17.6 Å². The molecule has 0 radical (unpaired) electrons. The molecule has 0 saturated carbocycles. The van der Waals surface area contributed by atoms with Crippen molar-refractivity contribution in [3.8, 4) is 11.3 Å². The molecule has 2 atom stereocenters. The minimum atomic E-state index is -0.413. The standard InChI is InChI=1S/C30H28N4O4S/c1-4-26(35)32-22-12-11-21(16-18(22)2)34-28(27(33-30(34)39)23-10-5-6-15-31-23)25-14-13-24(38-25)19-8-7-9-20(17-19)29(36)37-3/h5-17,27-28H,4H2,1-3H3,(H,32,35)(H,33,39)/t27-,28-/m1/s1. The van der Waals surface area contributed by atoms with Crippen LogP contribution in [-0.2, 0) is 9.53 Å². The Hall–Kier alpha value is -4.50. The highest BCUT2D eigenvalue weighted by molar-refractivity contribution is 7.80. The number of aryl methyl sites for hydroxylation is 1. The third kappa shape index (κ3) is 5.26. The van der Waals surface area contributed by atoms with Gasteiger partial charge in [0, 0.05) is 29.6 Å². The highest BCUT2D eigenvalue weighted by Gasteiger charge is 2.42. The summed E-state index contributed by atoms with van der Waals surface area (Å²) >= 11 is 5.83. The highest BCUT2D eigenvalue weighted by Crippen LogP contribution is 2.43. The molecule has 1 amide bonds. The van der Waals surface area contributed by atoms with Crippen molar-refractivity contribution in [2.45, 2.75) is 32.4 Å². The molecular weight excluding hydrogens is 512 g/mol. The summed E-state index contributed by atoms with van der Waals surface area (Å²) in [6.07, 6.45) is 2.15. The summed E-state index contributed by atoms with van der Waals surface area (Å²) in [7, 11) is 1.36. The number of hydrogen-bond donors (Lipinski definition) is 2. The number of aromatic nitrogens is 1. The minimum Gasteiger partial charge on any atom is -0.465 e. The zero-order chi connectivity index (χ0) is 27.5. The van der Waals surface area contributed by atoms with Gasteiger partial charge in [0.25, 0.3) is 0 Å². The smallest absolute Gasteiger partial charge is 0.337 e. The molecule has 1 aliphatic rings. The van der Waals surface area contributed by atoms with E-state index in [2.05, 4.69) is 15.6 Å². The monoisotopic (exact) mass is 540 g/mol. The molecule has 1 fully saturated rings. The lowest BCUT2D eigenvalue weighted by Gasteiger charge is -2.26. The number of anilines is 2. The summed E-state index contributed by atoms with van der Waals surface area (Å²) in [4.78, 5) is 30.6. The molecule has 9 heteroatoms. The number of benzene rings is 2. The number of rotatable bonds is 7. The zero-order valence-electron chi connectivity index (χ0n) is 21.8. The number of amides is 1. The first-order chi connectivity index (χ1) is 18.9. The lowest BCUT2D eigenvalue weighted by atomic mass is 10.0. The molecule has 2 aromatic carbocycles. The van der Waals surface area contributed by atoms with Gasteiger partial charge in [-0.05, 0) is 79.3 Å². The lowest BCUT2D eigenvalue weighted by molar-refractivity contribution is -0.115. The minimum absolute atomic E-state index is 0.0447. The molecule has 0 bridgehead atoms. The van der Waals surface area contributed by atoms with Crippen molar-refractivity contribution >= 4 is 40.6 Å². The van der Waals surface area contributed by atoms with Crippen LogP contribution in [0.2, 0.25) is 0 Å². The maximum atomic E-state index is 12.1. The van der Waals surface area contributed by atoms with Crippen LogP contribution in [0, 0.1) is 6.92 Å². The van der Waals surface area contributed by atoms with Crippen LogP contribution in [0.1, 0.15) is 52.8 Å². The first-order valence-electron chi connectivity index (χ1n) is 12.6.